The molecule has 0 spiro atoms. The van der Waals surface area contributed by atoms with Crippen LogP contribution in [-0.4, -0.2) is 61.5 Å². The number of halogens is 1. The van der Waals surface area contributed by atoms with Crippen molar-refractivity contribution in [3.05, 3.63) is 35.4 Å². The predicted octanol–water partition coefficient (Wildman–Crippen LogP) is 3.52. The first-order valence-electron chi connectivity index (χ1n) is 11.3. The molecule has 1 heterocycles. The van der Waals surface area contributed by atoms with Crippen LogP contribution in [0.25, 0.3) is 0 Å². The van der Waals surface area contributed by atoms with Gasteiger partial charge < -0.3 is 20.5 Å². The van der Waals surface area contributed by atoms with Gasteiger partial charge in [-0.3, -0.25) is 4.90 Å². The molecular formula is C23H41IN4O2. The van der Waals surface area contributed by atoms with Crippen LogP contribution in [0.2, 0.25) is 0 Å². The highest BCUT2D eigenvalue weighted by molar-refractivity contribution is 14.0. The molecular weight excluding hydrogens is 491 g/mol. The number of nitrogens with zero attached hydrogens (tertiary/aromatic N) is 2. The molecule has 2 rings (SSSR count). The summed E-state index contributed by atoms with van der Waals surface area (Å²) in [4.78, 5) is 7.12. The van der Waals surface area contributed by atoms with Crippen molar-refractivity contribution in [2.45, 2.75) is 65.1 Å². The van der Waals surface area contributed by atoms with E-state index in [0.717, 1.165) is 77.6 Å². The molecule has 1 saturated heterocycles. The summed E-state index contributed by atoms with van der Waals surface area (Å²) < 4.78 is 5.60. The number of unbranched alkanes of at least 4 members (excludes halogenated alkanes) is 1. The van der Waals surface area contributed by atoms with E-state index in [9.17, 15) is 5.11 Å². The van der Waals surface area contributed by atoms with Crippen LogP contribution in [0, 0.1) is 0 Å². The highest BCUT2D eigenvalue weighted by atomic mass is 127. The smallest absolute Gasteiger partial charge is 0.191 e. The van der Waals surface area contributed by atoms with Gasteiger partial charge in [0.05, 0.1) is 12.6 Å². The summed E-state index contributed by atoms with van der Waals surface area (Å²) >= 11 is 0. The van der Waals surface area contributed by atoms with Crippen molar-refractivity contribution in [1.29, 1.82) is 0 Å². The average Bonchev–Trinajstić information content (AvgIpc) is 2.74. The molecule has 0 aliphatic carbocycles. The van der Waals surface area contributed by atoms with E-state index in [-0.39, 0.29) is 30.1 Å². The maximum absolute atomic E-state index is 9.63. The molecule has 172 valence electrons. The Kier molecular flexibility index (Phi) is 15.2. The number of hydrogen-bond donors (Lipinski definition) is 3. The topological polar surface area (TPSA) is 69.1 Å². The Hall–Kier alpha value is -0.900. The molecule has 6 nitrogen and oxygen atoms in total. The van der Waals surface area contributed by atoms with Crippen LogP contribution in [0.15, 0.2) is 29.3 Å². The van der Waals surface area contributed by atoms with Crippen molar-refractivity contribution in [2.24, 2.45) is 4.99 Å². The van der Waals surface area contributed by atoms with Crippen molar-refractivity contribution >= 4 is 29.9 Å². The zero-order valence-corrected chi connectivity index (χ0v) is 21.1. The van der Waals surface area contributed by atoms with E-state index in [1.165, 1.54) is 17.5 Å². The maximum atomic E-state index is 9.63. The van der Waals surface area contributed by atoms with Gasteiger partial charge in [-0.2, -0.15) is 0 Å². The fraction of sp³-hybridized carbons (Fsp3) is 0.696. The third-order valence-corrected chi connectivity index (χ3v) is 5.15. The molecule has 1 aromatic carbocycles. The molecule has 30 heavy (non-hydrogen) atoms. The van der Waals surface area contributed by atoms with E-state index in [1.54, 1.807) is 0 Å². The summed E-state index contributed by atoms with van der Waals surface area (Å²) in [7, 11) is 0. The lowest BCUT2D eigenvalue weighted by atomic mass is 10.1. The molecule has 0 atom stereocenters. The Balaban J connectivity index is 0.00000450. The summed E-state index contributed by atoms with van der Waals surface area (Å²) in [5, 5.41) is 16.3. The number of ether oxygens (including phenoxy) is 1. The van der Waals surface area contributed by atoms with Crippen LogP contribution < -0.4 is 10.6 Å². The molecule has 0 aromatic heterocycles. The number of nitrogens with one attached hydrogen (secondary N) is 2. The molecule has 0 bridgehead atoms. The Morgan fingerprint density at radius 1 is 1.07 bits per heavy atom. The van der Waals surface area contributed by atoms with Gasteiger partial charge in [-0.25, -0.2) is 4.99 Å². The zero-order valence-electron chi connectivity index (χ0n) is 18.7. The highest BCUT2D eigenvalue weighted by Gasteiger charge is 2.16. The Labute approximate surface area is 199 Å². The molecule has 1 aliphatic heterocycles. The van der Waals surface area contributed by atoms with Crippen molar-refractivity contribution in [1.82, 2.24) is 15.5 Å². The van der Waals surface area contributed by atoms with Crippen LogP contribution in [0.4, 0.5) is 0 Å². The monoisotopic (exact) mass is 532 g/mol. The average molecular weight is 533 g/mol. The molecule has 0 radical (unpaired) electrons. The van der Waals surface area contributed by atoms with E-state index in [4.69, 9.17) is 9.73 Å². The van der Waals surface area contributed by atoms with Gasteiger partial charge in [0.1, 0.15) is 0 Å². The summed E-state index contributed by atoms with van der Waals surface area (Å²) in [6.07, 6.45) is 4.96. The molecule has 1 aromatic rings. The summed E-state index contributed by atoms with van der Waals surface area (Å²) in [6.45, 7) is 11.2. The minimum absolute atomic E-state index is 0. The quantitative estimate of drug-likeness (QED) is 0.166. The lowest BCUT2D eigenvalue weighted by Crippen LogP contribution is -2.38. The Bertz CT molecular complexity index is 575. The lowest BCUT2D eigenvalue weighted by molar-refractivity contribution is 0.0792. The van der Waals surface area contributed by atoms with Crippen molar-refractivity contribution in [3.63, 3.8) is 0 Å². The van der Waals surface area contributed by atoms with Gasteiger partial charge in [-0.1, -0.05) is 37.6 Å². The van der Waals surface area contributed by atoms with Gasteiger partial charge in [0, 0.05) is 45.9 Å². The maximum Gasteiger partial charge on any atom is 0.191 e. The molecule has 0 unspecified atom stereocenters. The highest BCUT2D eigenvalue weighted by Crippen LogP contribution is 2.14. The van der Waals surface area contributed by atoms with Gasteiger partial charge in [0.2, 0.25) is 0 Å². The summed E-state index contributed by atoms with van der Waals surface area (Å²) in [5.41, 5.74) is 2.53. The standard InChI is InChI=1S/C23H40N4O2.HI/c1-3-5-16-29-17-6-13-25-23(24-4-2)26-18-20-7-9-21(10-8-20)19-27-14-11-22(28)12-15-27;/h7-10,22,28H,3-6,11-19H2,1-2H3,(H2,24,25,26);1H. The lowest BCUT2D eigenvalue weighted by Gasteiger charge is -2.29. The number of aliphatic imine (C=N–C) groups is 1. The number of aliphatic hydroxyl groups is 1. The number of piperidine rings is 1. The fourth-order valence-electron chi connectivity index (χ4n) is 3.33. The van der Waals surface area contributed by atoms with E-state index in [0.29, 0.717) is 6.54 Å². The SMILES string of the molecule is CCCCOCCCNC(=NCc1ccc(CN2CCC(O)CC2)cc1)NCC.I. The second-order valence-electron chi connectivity index (χ2n) is 7.77. The van der Waals surface area contributed by atoms with Crippen LogP contribution in [0.5, 0.6) is 0 Å². The van der Waals surface area contributed by atoms with Crippen molar-refractivity contribution < 1.29 is 9.84 Å². The van der Waals surface area contributed by atoms with Crippen LogP contribution >= 0.6 is 24.0 Å². The number of hydrogen-bond acceptors (Lipinski definition) is 4. The minimum atomic E-state index is -0.111. The summed E-state index contributed by atoms with van der Waals surface area (Å²) in [5.74, 6) is 0.858. The van der Waals surface area contributed by atoms with Gasteiger partial charge in [-0.05, 0) is 43.7 Å². The molecule has 1 fully saturated rings. The number of aliphatic hydroxyl groups excluding tert-OH is 1. The van der Waals surface area contributed by atoms with E-state index >= 15 is 0 Å². The van der Waals surface area contributed by atoms with Gasteiger partial charge in [0.25, 0.3) is 0 Å². The molecule has 0 amide bonds. The Morgan fingerprint density at radius 2 is 1.73 bits per heavy atom. The minimum Gasteiger partial charge on any atom is -0.393 e. The largest absolute Gasteiger partial charge is 0.393 e. The van der Waals surface area contributed by atoms with Crippen molar-refractivity contribution in [2.75, 3.05) is 39.4 Å². The van der Waals surface area contributed by atoms with Crippen LogP contribution in [0.1, 0.15) is 57.1 Å². The number of benzene rings is 1. The molecule has 1 aliphatic rings. The second-order valence-corrected chi connectivity index (χ2v) is 7.77. The number of guanidine groups is 1. The first-order valence-corrected chi connectivity index (χ1v) is 11.3. The van der Waals surface area contributed by atoms with Crippen LogP contribution in [-0.2, 0) is 17.8 Å². The van der Waals surface area contributed by atoms with E-state index in [1.807, 2.05) is 0 Å². The van der Waals surface area contributed by atoms with Gasteiger partial charge in [-0.15, -0.1) is 24.0 Å². The third kappa shape index (κ3) is 11.5. The second kappa shape index (κ2) is 16.8. The molecule has 3 N–H and O–H groups in total. The molecule has 0 saturated carbocycles. The van der Waals surface area contributed by atoms with Crippen LogP contribution in [0.3, 0.4) is 0 Å². The van der Waals surface area contributed by atoms with Crippen molar-refractivity contribution in [3.8, 4) is 0 Å². The normalized spacial score (nSPS) is 15.6. The first kappa shape index (κ1) is 27.1. The van der Waals surface area contributed by atoms with Gasteiger partial charge >= 0.3 is 0 Å². The molecule has 7 heteroatoms. The van der Waals surface area contributed by atoms with E-state index < -0.39 is 0 Å². The third-order valence-electron chi connectivity index (χ3n) is 5.15. The number of likely N-dealkylation sites (tertiary alicyclic amines) is 1. The fourth-order valence-corrected chi connectivity index (χ4v) is 3.33. The zero-order chi connectivity index (χ0) is 20.7. The Morgan fingerprint density at radius 3 is 2.40 bits per heavy atom. The predicted molar refractivity (Wildman–Crippen MR) is 136 cm³/mol. The first-order chi connectivity index (χ1) is 14.2. The summed E-state index contributed by atoms with van der Waals surface area (Å²) in [6, 6.07) is 8.74. The van der Waals surface area contributed by atoms with Gasteiger partial charge in [0.15, 0.2) is 5.96 Å². The number of rotatable bonds is 12. The van der Waals surface area contributed by atoms with E-state index in [2.05, 4.69) is 53.6 Å².